The van der Waals surface area contributed by atoms with Crippen molar-refractivity contribution < 1.29 is 14.7 Å². The van der Waals surface area contributed by atoms with Crippen LogP contribution in [0.4, 0.5) is 0 Å². The topological polar surface area (TPSA) is 66.4 Å². The quantitative estimate of drug-likeness (QED) is 0.832. The van der Waals surface area contributed by atoms with Crippen LogP contribution in [0.1, 0.15) is 25.3 Å². The van der Waals surface area contributed by atoms with Gasteiger partial charge in [-0.25, -0.2) is 4.79 Å². The summed E-state index contributed by atoms with van der Waals surface area (Å²) in [6.45, 7) is 1.87. The molecule has 1 rings (SSSR count). The summed E-state index contributed by atoms with van der Waals surface area (Å²) in [5.74, 6) is -1.27. The number of carboxylic acids is 1. The predicted octanol–water partition coefficient (Wildman–Crippen LogP) is 2.25. The van der Waals surface area contributed by atoms with Crippen LogP contribution >= 0.6 is 11.6 Å². The first kappa shape index (κ1) is 14.5. The molecule has 0 bridgehead atoms. The van der Waals surface area contributed by atoms with E-state index < -0.39 is 12.0 Å². The van der Waals surface area contributed by atoms with Crippen molar-refractivity contribution >= 4 is 23.5 Å². The van der Waals surface area contributed by atoms with Gasteiger partial charge in [0, 0.05) is 17.9 Å². The van der Waals surface area contributed by atoms with Crippen LogP contribution < -0.4 is 5.32 Å². The van der Waals surface area contributed by atoms with Crippen LogP contribution in [0.5, 0.6) is 0 Å². The smallest absolute Gasteiger partial charge is 0.326 e. The summed E-state index contributed by atoms with van der Waals surface area (Å²) >= 11 is 5.75. The first-order valence-corrected chi connectivity index (χ1v) is 6.17. The number of hydrogen-bond donors (Lipinski definition) is 2. The van der Waals surface area contributed by atoms with Crippen LogP contribution in [0.25, 0.3) is 0 Å². The highest BCUT2D eigenvalue weighted by molar-refractivity contribution is 6.30. The molecule has 0 saturated carbocycles. The number of halogens is 1. The van der Waals surface area contributed by atoms with Gasteiger partial charge in [-0.3, -0.25) is 4.79 Å². The van der Waals surface area contributed by atoms with Crippen molar-refractivity contribution in [2.75, 3.05) is 0 Å². The fourth-order valence-electron chi connectivity index (χ4n) is 1.55. The zero-order chi connectivity index (χ0) is 13.5. The molecule has 0 aromatic heterocycles. The van der Waals surface area contributed by atoms with Gasteiger partial charge in [-0.1, -0.05) is 30.7 Å². The average Bonchev–Trinajstić information content (AvgIpc) is 2.31. The van der Waals surface area contributed by atoms with Crippen LogP contribution in [0.3, 0.4) is 0 Å². The highest BCUT2D eigenvalue weighted by Crippen LogP contribution is 2.11. The highest BCUT2D eigenvalue weighted by atomic mass is 35.5. The van der Waals surface area contributed by atoms with E-state index in [0.29, 0.717) is 17.9 Å². The van der Waals surface area contributed by atoms with Gasteiger partial charge in [0.2, 0.25) is 5.91 Å². The predicted molar refractivity (Wildman–Crippen MR) is 69.6 cm³/mol. The minimum Gasteiger partial charge on any atom is -0.480 e. The van der Waals surface area contributed by atoms with Crippen molar-refractivity contribution in [1.29, 1.82) is 0 Å². The molecule has 18 heavy (non-hydrogen) atoms. The number of hydrogen-bond acceptors (Lipinski definition) is 2. The molecule has 4 nitrogen and oxygen atoms in total. The summed E-state index contributed by atoms with van der Waals surface area (Å²) in [7, 11) is 0. The Kier molecular flexibility index (Phi) is 5.65. The average molecular weight is 270 g/mol. The Morgan fingerprint density at radius 3 is 2.44 bits per heavy atom. The van der Waals surface area contributed by atoms with Crippen LogP contribution in [0, 0.1) is 0 Å². The number of carbonyl (C=O) groups is 2. The van der Waals surface area contributed by atoms with Crippen LogP contribution in [0.2, 0.25) is 5.02 Å². The van der Waals surface area contributed by atoms with E-state index in [-0.39, 0.29) is 12.3 Å². The third-order valence-corrected chi connectivity index (χ3v) is 2.72. The first-order chi connectivity index (χ1) is 8.52. The Labute approximate surface area is 111 Å². The third-order valence-electron chi connectivity index (χ3n) is 2.46. The molecular formula is C13H16ClNO3. The van der Waals surface area contributed by atoms with Gasteiger partial charge in [0.25, 0.3) is 0 Å². The van der Waals surface area contributed by atoms with E-state index in [1.807, 2.05) is 6.92 Å². The van der Waals surface area contributed by atoms with Gasteiger partial charge in [-0.05, 0) is 24.1 Å². The summed E-state index contributed by atoms with van der Waals surface area (Å²) in [5, 5.41) is 12.2. The summed E-state index contributed by atoms with van der Waals surface area (Å²) in [5.41, 5.74) is 0.823. The van der Waals surface area contributed by atoms with E-state index >= 15 is 0 Å². The summed E-state index contributed by atoms with van der Waals surface area (Å²) in [6.07, 6.45) is 1.28. The second-order valence-electron chi connectivity index (χ2n) is 4.04. The minimum absolute atomic E-state index is 0.237. The van der Waals surface area contributed by atoms with E-state index in [2.05, 4.69) is 5.32 Å². The van der Waals surface area contributed by atoms with Crippen molar-refractivity contribution in [1.82, 2.24) is 5.32 Å². The molecule has 0 aliphatic carbocycles. The standard InChI is InChI=1S/C13H16ClNO3/c1-2-3-12(16)15-11(13(17)18)8-9-4-6-10(14)7-5-9/h4-7,11H,2-3,8H2,1H3,(H,15,16)(H,17,18). The summed E-state index contributed by atoms with van der Waals surface area (Å²) in [4.78, 5) is 22.5. The monoisotopic (exact) mass is 269 g/mol. The molecule has 1 aromatic rings. The molecule has 1 aromatic carbocycles. The fraction of sp³-hybridized carbons (Fsp3) is 0.385. The maximum absolute atomic E-state index is 11.4. The van der Waals surface area contributed by atoms with Crippen molar-refractivity contribution in [3.63, 3.8) is 0 Å². The van der Waals surface area contributed by atoms with Gasteiger partial charge < -0.3 is 10.4 Å². The zero-order valence-electron chi connectivity index (χ0n) is 10.1. The van der Waals surface area contributed by atoms with Crippen molar-refractivity contribution in [3.8, 4) is 0 Å². The van der Waals surface area contributed by atoms with E-state index in [1.165, 1.54) is 0 Å². The molecule has 1 unspecified atom stereocenters. The van der Waals surface area contributed by atoms with Gasteiger partial charge in [0.15, 0.2) is 0 Å². The summed E-state index contributed by atoms with van der Waals surface area (Å²) < 4.78 is 0. The van der Waals surface area contributed by atoms with Crippen molar-refractivity contribution in [3.05, 3.63) is 34.9 Å². The SMILES string of the molecule is CCCC(=O)NC(Cc1ccc(Cl)cc1)C(=O)O. The van der Waals surface area contributed by atoms with E-state index in [9.17, 15) is 9.59 Å². The highest BCUT2D eigenvalue weighted by Gasteiger charge is 2.19. The lowest BCUT2D eigenvalue weighted by Gasteiger charge is -2.14. The van der Waals surface area contributed by atoms with E-state index in [1.54, 1.807) is 24.3 Å². The Morgan fingerprint density at radius 1 is 1.33 bits per heavy atom. The molecule has 0 aliphatic heterocycles. The van der Waals surface area contributed by atoms with Gasteiger partial charge in [-0.15, -0.1) is 0 Å². The van der Waals surface area contributed by atoms with E-state index in [0.717, 1.165) is 5.56 Å². The van der Waals surface area contributed by atoms with Gasteiger partial charge >= 0.3 is 5.97 Å². The Hall–Kier alpha value is -1.55. The molecule has 0 aliphatic rings. The maximum Gasteiger partial charge on any atom is 0.326 e. The number of amides is 1. The Morgan fingerprint density at radius 2 is 1.94 bits per heavy atom. The van der Waals surface area contributed by atoms with Crippen LogP contribution in [-0.2, 0) is 16.0 Å². The third kappa shape index (κ3) is 4.75. The summed E-state index contributed by atoms with van der Waals surface area (Å²) in [6, 6.07) is 6.01. The Bertz CT molecular complexity index is 417. The molecule has 1 atom stereocenters. The number of carbonyl (C=O) groups excluding carboxylic acids is 1. The fourth-order valence-corrected chi connectivity index (χ4v) is 1.68. The minimum atomic E-state index is -1.03. The number of nitrogens with one attached hydrogen (secondary N) is 1. The number of rotatable bonds is 6. The Balaban J connectivity index is 2.65. The number of benzene rings is 1. The maximum atomic E-state index is 11.4. The normalized spacial score (nSPS) is 11.9. The molecule has 0 radical (unpaired) electrons. The molecule has 98 valence electrons. The lowest BCUT2D eigenvalue weighted by molar-refractivity contribution is -0.141. The molecule has 0 saturated heterocycles. The first-order valence-electron chi connectivity index (χ1n) is 5.79. The van der Waals surface area contributed by atoms with Gasteiger partial charge in [-0.2, -0.15) is 0 Å². The molecule has 2 N–H and O–H groups in total. The lowest BCUT2D eigenvalue weighted by atomic mass is 10.1. The molecule has 0 heterocycles. The second-order valence-corrected chi connectivity index (χ2v) is 4.48. The van der Waals surface area contributed by atoms with Crippen LogP contribution in [-0.4, -0.2) is 23.0 Å². The zero-order valence-corrected chi connectivity index (χ0v) is 10.9. The molecule has 0 spiro atoms. The number of carboxylic acid groups (broad SMARTS) is 1. The van der Waals surface area contributed by atoms with E-state index in [4.69, 9.17) is 16.7 Å². The lowest BCUT2D eigenvalue weighted by Crippen LogP contribution is -2.42. The van der Waals surface area contributed by atoms with Crippen molar-refractivity contribution in [2.24, 2.45) is 0 Å². The molecule has 1 amide bonds. The van der Waals surface area contributed by atoms with Gasteiger partial charge in [0.05, 0.1) is 0 Å². The second kappa shape index (κ2) is 7.01. The molecular weight excluding hydrogens is 254 g/mol. The van der Waals surface area contributed by atoms with Crippen molar-refractivity contribution in [2.45, 2.75) is 32.2 Å². The number of aliphatic carboxylic acids is 1. The molecule has 0 fully saturated rings. The van der Waals surface area contributed by atoms with Crippen LogP contribution in [0.15, 0.2) is 24.3 Å². The largest absolute Gasteiger partial charge is 0.480 e. The van der Waals surface area contributed by atoms with Gasteiger partial charge in [0.1, 0.15) is 6.04 Å². The molecule has 5 heteroatoms.